The van der Waals surface area contributed by atoms with Crippen molar-refractivity contribution < 1.29 is 14.4 Å². The van der Waals surface area contributed by atoms with Crippen molar-refractivity contribution in [3.05, 3.63) is 65.0 Å². The Labute approximate surface area is 173 Å². The number of hydrogen-bond acceptors (Lipinski definition) is 5. The Hall–Kier alpha value is -3.55. The van der Waals surface area contributed by atoms with E-state index in [1.54, 1.807) is 28.1 Å². The predicted octanol–water partition coefficient (Wildman–Crippen LogP) is 1.35. The van der Waals surface area contributed by atoms with Gasteiger partial charge in [0.2, 0.25) is 5.91 Å². The summed E-state index contributed by atoms with van der Waals surface area (Å²) in [5, 5.41) is 4.00. The predicted molar refractivity (Wildman–Crippen MR) is 108 cm³/mol. The van der Waals surface area contributed by atoms with Crippen molar-refractivity contribution in [2.24, 2.45) is 5.10 Å². The van der Waals surface area contributed by atoms with Crippen LogP contribution in [0.5, 0.6) is 0 Å². The summed E-state index contributed by atoms with van der Waals surface area (Å²) < 4.78 is 0. The van der Waals surface area contributed by atoms with Crippen LogP contribution in [0.2, 0.25) is 0 Å². The molecule has 3 aliphatic rings. The van der Waals surface area contributed by atoms with Gasteiger partial charge in [0.05, 0.1) is 11.3 Å². The molecule has 0 saturated carbocycles. The molecule has 1 saturated heterocycles. The van der Waals surface area contributed by atoms with Gasteiger partial charge in [-0.05, 0) is 24.6 Å². The number of fused-ring (bicyclic) bond motifs is 2. The first kappa shape index (κ1) is 18.5. The molecular formula is C22H21N5O3. The summed E-state index contributed by atoms with van der Waals surface area (Å²) in [4.78, 5) is 46.3. The van der Waals surface area contributed by atoms with Gasteiger partial charge < -0.3 is 9.80 Å². The SMILES string of the molecule is Cc1ccc(C23Cc4ncccc4C(=O)N2CCN3C(=O)C2=NNC(=O)CC2)cc1. The van der Waals surface area contributed by atoms with E-state index in [-0.39, 0.29) is 30.6 Å². The van der Waals surface area contributed by atoms with Crippen molar-refractivity contribution in [1.29, 1.82) is 0 Å². The van der Waals surface area contributed by atoms with Crippen LogP contribution in [0.3, 0.4) is 0 Å². The second-order valence-electron chi connectivity index (χ2n) is 7.86. The summed E-state index contributed by atoms with van der Waals surface area (Å²) in [6.07, 6.45) is 2.59. The van der Waals surface area contributed by atoms with E-state index in [1.165, 1.54) is 0 Å². The molecule has 1 N–H and O–H groups in total. The molecule has 1 fully saturated rings. The fraction of sp³-hybridized carbons (Fsp3) is 0.318. The molecule has 5 rings (SSSR count). The number of rotatable bonds is 2. The summed E-state index contributed by atoms with van der Waals surface area (Å²) >= 11 is 0. The van der Waals surface area contributed by atoms with Crippen molar-refractivity contribution in [3.63, 3.8) is 0 Å². The zero-order chi connectivity index (χ0) is 20.9. The van der Waals surface area contributed by atoms with Gasteiger partial charge in [0, 0.05) is 38.5 Å². The third-order valence-electron chi connectivity index (χ3n) is 6.13. The summed E-state index contributed by atoms with van der Waals surface area (Å²) in [6.45, 7) is 2.81. The maximum Gasteiger partial charge on any atom is 0.272 e. The van der Waals surface area contributed by atoms with Crippen LogP contribution in [0.4, 0.5) is 0 Å². The molecule has 1 aromatic heterocycles. The van der Waals surface area contributed by atoms with E-state index in [9.17, 15) is 14.4 Å². The molecule has 3 aliphatic heterocycles. The Morgan fingerprint density at radius 2 is 1.90 bits per heavy atom. The minimum atomic E-state index is -0.965. The van der Waals surface area contributed by atoms with E-state index in [0.717, 1.165) is 11.1 Å². The van der Waals surface area contributed by atoms with E-state index < -0.39 is 5.66 Å². The van der Waals surface area contributed by atoms with Gasteiger partial charge in [0.1, 0.15) is 11.4 Å². The number of carbonyl (C=O) groups is 3. The summed E-state index contributed by atoms with van der Waals surface area (Å²) in [6, 6.07) is 11.5. The van der Waals surface area contributed by atoms with E-state index in [0.29, 0.717) is 36.5 Å². The van der Waals surface area contributed by atoms with Gasteiger partial charge in [-0.2, -0.15) is 5.10 Å². The van der Waals surface area contributed by atoms with E-state index in [2.05, 4.69) is 15.5 Å². The fourth-order valence-corrected chi connectivity index (χ4v) is 4.62. The summed E-state index contributed by atoms with van der Waals surface area (Å²) in [5.41, 5.74) is 4.96. The minimum Gasteiger partial charge on any atom is -0.309 e. The lowest BCUT2D eigenvalue weighted by molar-refractivity contribution is -0.132. The Balaban J connectivity index is 1.65. The molecule has 8 nitrogen and oxygen atoms in total. The fourth-order valence-electron chi connectivity index (χ4n) is 4.62. The highest BCUT2D eigenvalue weighted by Crippen LogP contribution is 2.44. The molecular weight excluding hydrogens is 382 g/mol. The Bertz CT molecular complexity index is 1090. The molecule has 0 radical (unpaired) electrons. The van der Waals surface area contributed by atoms with Gasteiger partial charge in [0.15, 0.2) is 0 Å². The molecule has 8 heteroatoms. The molecule has 2 aromatic rings. The number of benzene rings is 1. The van der Waals surface area contributed by atoms with Gasteiger partial charge in [-0.1, -0.05) is 29.8 Å². The normalized spacial score (nSPS) is 22.9. The molecule has 152 valence electrons. The van der Waals surface area contributed by atoms with Crippen LogP contribution in [0.15, 0.2) is 47.7 Å². The molecule has 0 bridgehead atoms. The molecule has 1 aromatic carbocycles. The minimum absolute atomic E-state index is 0.126. The highest BCUT2D eigenvalue weighted by Gasteiger charge is 2.56. The maximum atomic E-state index is 13.5. The second kappa shape index (κ2) is 6.76. The first-order valence-corrected chi connectivity index (χ1v) is 10.0. The standard InChI is InChI=1S/C22H21N5O3/c1-14-4-6-15(7-5-14)22-13-18-16(3-2-10-23-18)20(29)26(22)11-12-27(22)21(30)17-8-9-19(28)25-24-17/h2-7,10H,8-9,11-13H2,1H3,(H,25,28). The lowest BCUT2D eigenvalue weighted by Gasteiger charge is -2.47. The number of nitrogens with zero attached hydrogens (tertiary/aromatic N) is 4. The van der Waals surface area contributed by atoms with Crippen molar-refractivity contribution in [3.8, 4) is 0 Å². The maximum absolute atomic E-state index is 13.5. The molecule has 3 amide bonds. The van der Waals surface area contributed by atoms with Crippen LogP contribution < -0.4 is 5.43 Å². The molecule has 0 spiro atoms. The number of carbonyl (C=O) groups excluding carboxylic acids is 3. The molecule has 1 atom stereocenters. The third kappa shape index (κ3) is 2.63. The second-order valence-corrected chi connectivity index (χ2v) is 7.86. The largest absolute Gasteiger partial charge is 0.309 e. The van der Waals surface area contributed by atoms with Crippen molar-refractivity contribution in [2.45, 2.75) is 31.8 Å². The van der Waals surface area contributed by atoms with E-state index >= 15 is 0 Å². The molecule has 0 aliphatic carbocycles. The zero-order valence-electron chi connectivity index (χ0n) is 16.6. The van der Waals surface area contributed by atoms with E-state index in [1.807, 2.05) is 31.2 Å². The number of hydrazone groups is 1. The van der Waals surface area contributed by atoms with Crippen LogP contribution in [0, 0.1) is 6.92 Å². The average Bonchev–Trinajstić information content (AvgIpc) is 3.15. The highest BCUT2D eigenvalue weighted by atomic mass is 16.2. The lowest BCUT2D eigenvalue weighted by Crippen LogP contribution is -2.59. The topological polar surface area (TPSA) is 95.0 Å². The highest BCUT2D eigenvalue weighted by molar-refractivity contribution is 6.39. The number of aryl methyl sites for hydroxylation is 1. The number of nitrogens with one attached hydrogen (secondary N) is 1. The summed E-state index contributed by atoms with van der Waals surface area (Å²) in [5.74, 6) is -0.585. The average molecular weight is 403 g/mol. The molecule has 30 heavy (non-hydrogen) atoms. The lowest BCUT2D eigenvalue weighted by atomic mass is 9.85. The third-order valence-corrected chi connectivity index (χ3v) is 6.13. The van der Waals surface area contributed by atoms with Crippen LogP contribution in [0.1, 0.15) is 40.0 Å². The van der Waals surface area contributed by atoms with Crippen LogP contribution in [0.25, 0.3) is 0 Å². The number of hydrogen-bond donors (Lipinski definition) is 1. The van der Waals surface area contributed by atoms with Gasteiger partial charge in [-0.3, -0.25) is 19.4 Å². The Morgan fingerprint density at radius 1 is 1.10 bits per heavy atom. The van der Waals surface area contributed by atoms with Gasteiger partial charge >= 0.3 is 0 Å². The van der Waals surface area contributed by atoms with E-state index in [4.69, 9.17) is 0 Å². The van der Waals surface area contributed by atoms with Crippen molar-refractivity contribution in [1.82, 2.24) is 20.2 Å². The zero-order valence-corrected chi connectivity index (χ0v) is 16.6. The first-order chi connectivity index (χ1) is 14.5. The van der Waals surface area contributed by atoms with Gasteiger partial charge in [-0.15, -0.1) is 0 Å². The molecule has 1 unspecified atom stereocenters. The van der Waals surface area contributed by atoms with Gasteiger partial charge in [-0.25, -0.2) is 5.43 Å². The number of amides is 3. The number of aromatic nitrogens is 1. The van der Waals surface area contributed by atoms with Crippen LogP contribution >= 0.6 is 0 Å². The molecule has 4 heterocycles. The number of pyridine rings is 1. The quantitative estimate of drug-likeness (QED) is 0.819. The smallest absolute Gasteiger partial charge is 0.272 e. The monoisotopic (exact) mass is 403 g/mol. The van der Waals surface area contributed by atoms with Crippen molar-refractivity contribution in [2.75, 3.05) is 13.1 Å². The van der Waals surface area contributed by atoms with Crippen LogP contribution in [-0.4, -0.2) is 51.3 Å². The van der Waals surface area contributed by atoms with Crippen molar-refractivity contribution >= 4 is 23.4 Å². The Kier molecular flexibility index (Phi) is 4.16. The van der Waals surface area contributed by atoms with Crippen LogP contribution in [-0.2, 0) is 21.7 Å². The first-order valence-electron chi connectivity index (χ1n) is 10.0. The summed E-state index contributed by atoms with van der Waals surface area (Å²) in [7, 11) is 0. The van der Waals surface area contributed by atoms with Gasteiger partial charge in [0.25, 0.3) is 11.8 Å². The Morgan fingerprint density at radius 3 is 2.63 bits per heavy atom.